The number of halogens is 3. The van der Waals surface area contributed by atoms with Crippen molar-refractivity contribution in [1.29, 1.82) is 0 Å². The Balaban J connectivity index is 0.00000220. The van der Waals surface area contributed by atoms with Gasteiger partial charge in [0, 0.05) is 19.5 Å². The number of carbonyl (C=O) groups excluding carboxylic acids is 1. The lowest BCUT2D eigenvalue weighted by Gasteiger charge is -2.31. The van der Waals surface area contributed by atoms with Gasteiger partial charge in [-0.25, -0.2) is 8.78 Å². The molecule has 0 atom stereocenters. The normalized spacial score (nSPS) is 15.4. The number of carbonyl (C=O) groups is 1. The summed E-state index contributed by atoms with van der Waals surface area (Å²) in [4.78, 5) is 13.8. The van der Waals surface area contributed by atoms with Gasteiger partial charge in [0.05, 0.1) is 0 Å². The fourth-order valence-corrected chi connectivity index (χ4v) is 2.56. The van der Waals surface area contributed by atoms with Gasteiger partial charge < -0.3 is 10.2 Å². The van der Waals surface area contributed by atoms with Gasteiger partial charge in [0.25, 0.3) is 0 Å². The van der Waals surface area contributed by atoms with E-state index in [1.165, 1.54) is 12.1 Å². The number of amides is 1. The van der Waals surface area contributed by atoms with Gasteiger partial charge in [-0.1, -0.05) is 12.1 Å². The van der Waals surface area contributed by atoms with Gasteiger partial charge >= 0.3 is 0 Å². The predicted molar refractivity (Wildman–Crippen MR) is 80.6 cm³/mol. The van der Waals surface area contributed by atoms with Crippen molar-refractivity contribution in [2.24, 2.45) is 0 Å². The summed E-state index contributed by atoms with van der Waals surface area (Å²) in [5, 5.41) is 3.25. The quantitative estimate of drug-likeness (QED) is 0.925. The van der Waals surface area contributed by atoms with Crippen molar-refractivity contribution < 1.29 is 13.6 Å². The van der Waals surface area contributed by atoms with Crippen LogP contribution in [0.3, 0.4) is 0 Å². The van der Waals surface area contributed by atoms with Crippen molar-refractivity contribution in [3.8, 4) is 0 Å². The van der Waals surface area contributed by atoms with Crippen molar-refractivity contribution in [2.75, 3.05) is 20.1 Å². The van der Waals surface area contributed by atoms with Gasteiger partial charge in [0.15, 0.2) is 11.6 Å². The minimum Gasteiger partial charge on any atom is -0.343 e. The number of nitrogens with zero attached hydrogens (tertiary/aromatic N) is 1. The Labute approximate surface area is 130 Å². The van der Waals surface area contributed by atoms with Gasteiger partial charge in [-0.2, -0.15) is 0 Å². The fourth-order valence-electron chi connectivity index (χ4n) is 2.56. The molecule has 1 saturated heterocycles. The average Bonchev–Trinajstić information content (AvgIpc) is 2.48. The van der Waals surface area contributed by atoms with E-state index in [9.17, 15) is 13.6 Å². The van der Waals surface area contributed by atoms with Crippen LogP contribution in [0, 0.1) is 11.6 Å². The van der Waals surface area contributed by atoms with Gasteiger partial charge in [-0.15, -0.1) is 12.4 Å². The SMILES string of the molecule is CN(C(=O)CCc1cccc(F)c1F)C1CCNCC1.Cl. The maximum atomic E-state index is 13.5. The Hall–Kier alpha value is -1.20. The molecule has 1 aromatic rings. The van der Waals surface area contributed by atoms with Crippen LogP contribution in [-0.2, 0) is 11.2 Å². The van der Waals surface area contributed by atoms with Crippen molar-refractivity contribution in [3.63, 3.8) is 0 Å². The molecule has 0 aliphatic carbocycles. The third-order valence-corrected chi connectivity index (χ3v) is 3.89. The molecular weight excluding hydrogens is 298 g/mol. The number of hydrogen-bond acceptors (Lipinski definition) is 2. The molecule has 0 radical (unpaired) electrons. The third kappa shape index (κ3) is 4.64. The molecular formula is C15H21ClF2N2O. The summed E-state index contributed by atoms with van der Waals surface area (Å²) in [5.41, 5.74) is 0.261. The van der Waals surface area contributed by atoms with Crippen LogP contribution in [-0.4, -0.2) is 37.0 Å². The number of benzene rings is 1. The fraction of sp³-hybridized carbons (Fsp3) is 0.533. The van der Waals surface area contributed by atoms with Crippen LogP contribution >= 0.6 is 12.4 Å². The summed E-state index contributed by atoms with van der Waals surface area (Å²) in [5.74, 6) is -1.72. The molecule has 2 rings (SSSR count). The first kappa shape index (κ1) is 17.9. The van der Waals surface area contributed by atoms with Crippen LogP contribution in [0.2, 0.25) is 0 Å². The monoisotopic (exact) mass is 318 g/mol. The highest BCUT2D eigenvalue weighted by atomic mass is 35.5. The largest absolute Gasteiger partial charge is 0.343 e. The van der Waals surface area contributed by atoms with E-state index in [2.05, 4.69) is 5.32 Å². The zero-order chi connectivity index (χ0) is 14.5. The van der Waals surface area contributed by atoms with E-state index in [-0.39, 0.29) is 42.8 Å². The van der Waals surface area contributed by atoms with Crippen molar-refractivity contribution in [2.45, 2.75) is 31.7 Å². The summed E-state index contributed by atoms with van der Waals surface area (Å²) in [6.07, 6.45) is 2.33. The summed E-state index contributed by atoms with van der Waals surface area (Å²) in [6, 6.07) is 4.33. The Morgan fingerprint density at radius 2 is 2.00 bits per heavy atom. The van der Waals surface area contributed by atoms with Crippen LogP contribution in [0.1, 0.15) is 24.8 Å². The Kier molecular flexibility index (Phi) is 7.05. The molecule has 1 fully saturated rings. The first-order chi connectivity index (χ1) is 9.59. The second kappa shape index (κ2) is 8.29. The van der Waals surface area contributed by atoms with E-state index in [1.54, 1.807) is 11.9 Å². The molecule has 0 spiro atoms. The van der Waals surface area contributed by atoms with Crippen LogP contribution < -0.4 is 5.32 Å². The molecule has 6 heteroatoms. The smallest absolute Gasteiger partial charge is 0.222 e. The highest BCUT2D eigenvalue weighted by molar-refractivity contribution is 5.85. The number of rotatable bonds is 4. The Morgan fingerprint density at radius 1 is 1.33 bits per heavy atom. The topological polar surface area (TPSA) is 32.3 Å². The van der Waals surface area contributed by atoms with Crippen molar-refractivity contribution in [3.05, 3.63) is 35.4 Å². The summed E-state index contributed by atoms with van der Waals surface area (Å²) in [6.45, 7) is 1.83. The van der Waals surface area contributed by atoms with Gasteiger partial charge in [-0.3, -0.25) is 4.79 Å². The lowest BCUT2D eigenvalue weighted by Crippen LogP contribution is -2.44. The molecule has 0 saturated carbocycles. The molecule has 1 aliphatic heterocycles. The van der Waals surface area contributed by atoms with E-state index in [0.29, 0.717) is 0 Å². The summed E-state index contributed by atoms with van der Waals surface area (Å²) >= 11 is 0. The lowest BCUT2D eigenvalue weighted by molar-refractivity contribution is -0.132. The van der Waals surface area contributed by atoms with Crippen LogP contribution in [0.25, 0.3) is 0 Å². The minimum atomic E-state index is -0.860. The van der Waals surface area contributed by atoms with E-state index in [1.807, 2.05) is 0 Å². The maximum absolute atomic E-state index is 13.5. The first-order valence-corrected chi connectivity index (χ1v) is 6.99. The molecule has 0 bridgehead atoms. The highest BCUT2D eigenvalue weighted by Crippen LogP contribution is 2.15. The van der Waals surface area contributed by atoms with Crippen molar-refractivity contribution >= 4 is 18.3 Å². The number of nitrogens with one attached hydrogen (secondary N) is 1. The molecule has 1 aliphatic rings. The van der Waals surface area contributed by atoms with Crippen molar-refractivity contribution in [1.82, 2.24) is 10.2 Å². The molecule has 118 valence electrons. The van der Waals surface area contributed by atoms with E-state index in [4.69, 9.17) is 0 Å². The molecule has 0 aromatic heterocycles. The third-order valence-electron chi connectivity index (χ3n) is 3.89. The highest BCUT2D eigenvalue weighted by Gasteiger charge is 2.21. The molecule has 1 aromatic carbocycles. The molecule has 1 amide bonds. The standard InChI is InChI=1S/C15H20F2N2O.ClH/c1-19(12-7-9-18-10-8-12)14(20)6-5-11-3-2-4-13(16)15(11)17;/h2-4,12,18H,5-10H2,1H3;1H. The number of aryl methyl sites for hydroxylation is 1. The Bertz CT molecular complexity index is 479. The molecule has 21 heavy (non-hydrogen) atoms. The lowest BCUT2D eigenvalue weighted by atomic mass is 10.0. The molecule has 0 unspecified atom stereocenters. The van der Waals surface area contributed by atoms with E-state index >= 15 is 0 Å². The number of piperidine rings is 1. The van der Waals surface area contributed by atoms with Crippen LogP contribution in [0.5, 0.6) is 0 Å². The molecule has 1 N–H and O–H groups in total. The average molecular weight is 319 g/mol. The van der Waals surface area contributed by atoms with Crippen LogP contribution in [0.4, 0.5) is 8.78 Å². The minimum absolute atomic E-state index is 0. The second-order valence-electron chi connectivity index (χ2n) is 5.20. The maximum Gasteiger partial charge on any atom is 0.222 e. The van der Waals surface area contributed by atoms with Crippen LogP contribution in [0.15, 0.2) is 18.2 Å². The van der Waals surface area contributed by atoms with E-state index in [0.717, 1.165) is 32.0 Å². The molecule has 3 nitrogen and oxygen atoms in total. The predicted octanol–water partition coefficient (Wildman–Crippen LogP) is 2.53. The zero-order valence-corrected chi connectivity index (χ0v) is 12.9. The van der Waals surface area contributed by atoms with E-state index < -0.39 is 11.6 Å². The van der Waals surface area contributed by atoms with Gasteiger partial charge in [-0.05, 0) is 44.0 Å². The molecule has 1 heterocycles. The zero-order valence-electron chi connectivity index (χ0n) is 12.1. The summed E-state index contributed by atoms with van der Waals surface area (Å²) < 4.78 is 26.6. The van der Waals surface area contributed by atoms with Gasteiger partial charge in [0.1, 0.15) is 0 Å². The second-order valence-corrected chi connectivity index (χ2v) is 5.20. The Morgan fingerprint density at radius 3 is 2.67 bits per heavy atom. The number of hydrogen-bond donors (Lipinski definition) is 1. The first-order valence-electron chi connectivity index (χ1n) is 6.99. The van der Waals surface area contributed by atoms with Gasteiger partial charge in [0.2, 0.25) is 5.91 Å². The summed E-state index contributed by atoms with van der Waals surface area (Å²) in [7, 11) is 1.79.